The highest BCUT2D eigenvalue weighted by Gasteiger charge is 2.54. The average Bonchev–Trinajstić information content (AvgIpc) is 2.90. The summed E-state index contributed by atoms with van der Waals surface area (Å²) in [5.74, 6) is 1.78. The average molecular weight is 257 g/mol. The molecule has 98 valence electrons. The van der Waals surface area contributed by atoms with Crippen molar-refractivity contribution in [2.75, 3.05) is 18.8 Å². The van der Waals surface area contributed by atoms with Gasteiger partial charge in [-0.1, -0.05) is 0 Å². The van der Waals surface area contributed by atoms with Crippen LogP contribution in [0.25, 0.3) is 0 Å². The number of hydrogen-bond acceptors (Lipinski definition) is 3. The fourth-order valence-electron chi connectivity index (χ4n) is 2.76. The number of ether oxygens (including phenoxy) is 1. The van der Waals surface area contributed by atoms with E-state index in [0.717, 1.165) is 37.6 Å². The maximum Gasteiger partial charge on any atom is 0.410 e. The lowest BCUT2D eigenvalue weighted by atomic mass is 9.91. The van der Waals surface area contributed by atoms with Crippen molar-refractivity contribution >= 4 is 18.7 Å². The van der Waals surface area contributed by atoms with E-state index >= 15 is 0 Å². The van der Waals surface area contributed by atoms with Gasteiger partial charge >= 0.3 is 6.09 Å². The molecule has 0 aromatic heterocycles. The monoisotopic (exact) mass is 257 g/mol. The predicted molar refractivity (Wildman–Crippen MR) is 71.4 cm³/mol. The van der Waals surface area contributed by atoms with Gasteiger partial charge in [0.15, 0.2) is 0 Å². The van der Waals surface area contributed by atoms with E-state index in [4.69, 9.17) is 4.74 Å². The van der Waals surface area contributed by atoms with Crippen LogP contribution in [0.2, 0.25) is 0 Å². The number of amides is 1. The first-order chi connectivity index (χ1) is 7.86. The summed E-state index contributed by atoms with van der Waals surface area (Å²) in [6, 6.07) is 0. The molecule has 1 saturated carbocycles. The molecule has 1 heterocycles. The van der Waals surface area contributed by atoms with E-state index in [2.05, 4.69) is 12.6 Å². The minimum Gasteiger partial charge on any atom is -0.444 e. The van der Waals surface area contributed by atoms with Gasteiger partial charge in [-0.3, -0.25) is 0 Å². The lowest BCUT2D eigenvalue weighted by molar-refractivity contribution is 0.0167. The van der Waals surface area contributed by atoms with Crippen LogP contribution in [0.1, 0.15) is 40.0 Å². The third-order valence-electron chi connectivity index (χ3n) is 3.99. The van der Waals surface area contributed by atoms with E-state index in [9.17, 15) is 4.79 Å². The molecule has 1 spiro atoms. The number of hydrogen-bond donors (Lipinski definition) is 1. The Labute approximate surface area is 109 Å². The van der Waals surface area contributed by atoms with Gasteiger partial charge in [0.05, 0.1) is 0 Å². The molecule has 1 saturated heterocycles. The number of carbonyl (C=O) groups is 1. The molecular weight excluding hydrogens is 234 g/mol. The first-order valence-corrected chi connectivity index (χ1v) is 7.08. The molecule has 1 amide bonds. The Morgan fingerprint density at radius 2 is 2.00 bits per heavy atom. The molecule has 3 nitrogen and oxygen atoms in total. The van der Waals surface area contributed by atoms with Crippen molar-refractivity contribution in [3.05, 3.63) is 0 Å². The van der Waals surface area contributed by atoms with Gasteiger partial charge in [-0.05, 0) is 57.1 Å². The highest BCUT2D eigenvalue weighted by molar-refractivity contribution is 7.80. The second kappa shape index (κ2) is 4.38. The second-order valence-electron chi connectivity index (χ2n) is 6.41. The first-order valence-electron chi connectivity index (χ1n) is 6.45. The zero-order valence-corrected chi connectivity index (χ0v) is 11.9. The number of carbonyl (C=O) groups excluding carboxylic acids is 1. The van der Waals surface area contributed by atoms with Crippen LogP contribution in [0.4, 0.5) is 4.79 Å². The number of nitrogens with zero attached hydrogens (tertiary/aromatic N) is 1. The second-order valence-corrected chi connectivity index (χ2v) is 6.78. The van der Waals surface area contributed by atoms with Gasteiger partial charge in [0, 0.05) is 13.1 Å². The van der Waals surface area contributed by atoms with Crippen molar-refractivity contribution in [1.82, 2.24) is 4.90 Å². The van der Waals surface area contributed by atoms with E-state index in [1.807, 2.05) is 25.7 Å². The van der Waals surface area contributed by atoms with Crippen molar-refractivity contribution in [3.63, 3.8) is 0 Å². The van der Waals surface area contributed by atoms with Gasteiger partial charge in [0.25, 0.3) is 0 Å². The summed E-state index contributed by atoms with van der Waals surface area (Å²) < 4.78 is 5.39. The molecular formula is C13H23NO2S. The normalized spacial score (nSPS) is 27.1. The van der Waals surface area contributed by atoms with Gasteiger partial charge in [-0.25, -0.2) is 4.79 Å². The van der Waals surface area contributed by atoms with E-state index < -0.39 is 0 Å². The van der Waals surface area contributed by atoms with Gasteiger partial charge in [-0.2, -0.15) is 12.6 Å². The molecule has 0 N–H and O–H groups in total. The summed E-state index contributed by atoms with van der Waals surface area (Å²) in [6.07, 6.45) is 3.39. The Morgan fingerprint density at radius 1 is 1.41 bits per heavy atom. The zero-order chi connectivity index (χ0) is 12.7. The molecule has 1 atom stereocenters. The van der Waals surface area contributed by atoms with Crippen LogP contribution >= 0.6 is 12.6 Å². The fraction of sp³-hybridized carbons (Fsp3) is 0.923. The van der Waals surface area contributed by atoms with Crippen molar-refractivity contribution in [2.45, 2.75) is 45.6 Å². The Balaban J connectivity index is 1.82. The summed E-state index contributed by atoms with van der Waals surface area (Å²) in [4.78, 5) is 13.7. The van der Waals surface area contributed by atoms with Crippen molar-refractivity contribution in [3.8, 4) is 0 Å². The smallest absolute Gasteiger partial charge is 0.410 e. The first kappa shape index (κ1) is 13.1. The molecule has 1 aliphatic carbocycles. The van der Waals surface area contributed by atoms with Gasteiger partial charge < -0.3 is 9.64 Å². The molecule has 4 heteroatoms. The summed E-state index contributed by atoms with van der Waals surface area (Å²) in [7, 11) is 0. The van der Waals surface area contributed by atoms with E-state index in [1.165, 1.54) is 6.42 Å². The van der Waals surface area contributed by atoms with Crippen LogP contribution in [0.5, 0.6) is 0 Å². The molecule has 1 aliphatic heterocycles. The quantitative estimate of drug-likeness (QED) is 0.732. The molecule has 1 unspecified atom stereocenters. The molecule has 0 aromatic rings. The molecule has 2 fully saturated rings. The Kier molecular flexibility index (Phi) is 3.36. The summed E-state index contributed by atoms with van der Waals surface area (Å²) >= 11 is 4.38. The maximum absolute atomic E-state index is 11.9. The molecule has 2 aliphatic rings. The number of rotatable bonds is 1. The predicted octanol–water partition coefficient (Wildman–Crippen LogP) is 2.95. The van der Waals surface area contributed by atoms with Gasteiger partial charge in [-0.15, -0.1) is 0 Å². The SMILES string of the molecule is CC(C)(C)OC(=O)N1CCC2(CC1)CC2CS. The number of likely N-dealkylation sites (tertiary alicyclic amines) is 1. The van der Waals surface area contributed by atoms with E-state index in [1.54, 1.807) is 0 Å². The van der Waals surface area contributed by atoms with Crippen LogP contribution in [0.3, 0.4) is 0 Å². The standard InChI is InChI=1S/C13H23NO2S/c1-12(2,3)16-11(15)14-6-4-13(5-7-14)8-10(13)9-17/h10,17H,4-9H2,1-3H3. The molecule has 0 aromatic carbocycles. The third kappa shape index (κ3) is 2.90. The number of piperidine rings is 1. The highest BCUT2D eigenvalue weighted by atomic mass is 32.1. The Hall–Kier alpha value is -0.380. The lowest BCUT2D eigenvalue weighted by Gasteiger charge is -2.34. The van der Waals surface area contributed by atoms with Gasteiger partial charge in [0.2, 0.25) is 0 Å². The summed E-state index contributed by atoms with van der Waals surface area (Å²) in [5.41, 5.74) is 0.125. The van der Waals surface area contributed by atoms with E-state index in [-0.39, 0.29) is 11.7 Å². The Morgan fingerprint density at radius 3 is 2.41 bits per heavy atom. The Bertz CT molecular complexity index is 303. The topological polar surface area (TPSA) is 29.5 Å². The van der Waals surface area contributed by atoms with Crippen molar-refractivity contribution < 1.29 is 9.53 Å². The van der Waals surface area contributed by atoms with Crippen LogP contribution in [-0.2, 0) is 4.74 Å². The minimum absolute atomic E-state index is 0.157. The van der Waals surface area contributed by atoms with Gasteiger partial charge in [0.1, 0.15) is 5.60 Å². The highest BCUT2D eigenvalue weighted by Crippen LogP contribution is 2.59. The van der Waals surface area contributed by atoms with Crippen molar-refractivity contribution in [2.24, 2.45) is 11.3 Å². The number of thiol groups is 1. The zero-order valence-electron chi connectivity index (χ0n) is 11.0. The summed E-state index contributed by atoms with van der Waals surface area (Å²) in [6.45, 7) is 7.43. The fourth-order valence-corrected chi connectivity index (χ4v) is 3.28. The lowest BCUT2D eigenvalue weighted by Crippen LogP contribution is -2.42. The largest absolute Gasteiger partial charge is 0.444 e. The van der Waals surface area contributed by atoms with Crippen LogP contribution in [0, 0.1) is 11.3 Å². The minimum atomic E-state index is -0.389. The van der Waals surface area contributed by atoms with Crippen LogP contribution < -0.4 is 0 Å². The third-order valence-corrected chi connectivity index (χ3v) is 4.43. The van der Waals surface area contributed by atoms with E-state index in [0.29, 0.717) is 5.41 Å². The van der Waals surface area contributed by atoms with Crippen LogP contribution in [0.15, 0.2) is 0 Å². The maximum atomic E-state index is 11.9. The molecule has 17 heavy (non-hydrogen) atoms. The molecule has 0 bridgehead atoms. The van der Waals surface area contributed by atoms with Crippen molar-refractivity contribution in [1.29, 1.82) is 0 Å². The summed E-state index contributed by atoms with van der Waals surface area (Å²) in [5, 5.41) is 0. The molecule has 0 radical (unpaired) electrons. The molecule has 2 rings (SSSR count). The van der Waals surface area contributed by atoms with Crippen LogP contribution in [-0.4, -0.2) is 35.4 Å².